The van der Waals surface area contributed by atoms with Crippen molar-refractivity contribution < 1.29 is 12.8 Å². The number of fused-ring (bicyclic) bond motifs is 1. The van der Waals surface area contributed by atoms with Crippen molar-refractivity contribution in [3.63, 3.8) is 0 Å². The lowest BCUT2D eigenvalue weighted by atomic mass is 10.2. The second kappa shape index (κ2) is 8.00. The Balaban J connectivity index is 1.43. The molecule has 1 saturated heterocycles. The third-order valence-electron chi connectivity index (χ3n) is 4.59. The molecule has 1 aromatic carbocycles. The van der Waals surface area contributed by atoms with Crippen molar-refractivity contribution in [1.82, 2.24) is 14.3 Å². The van der Waals surface area contributed by atoms with Gasteiger partial charge in [-0.15, -0.1) is 0 Å². The van der Waals surface area contributed by atoms with Crippen LogP contribution in [0.3, 0.4) is 0 Å². The fourth-order valence-electron chi connectivity index (χ4n) is 3.15. The number of benzene rings is 1. The van der Waals surface area contributed by atoms with Crippen molar-refractivity contribution in [2.24, 2.45) is 0 Å². The zero-order chi connectivity index (χ0) is 18.7. The van der Waals surface area contributed by atoms with E-state index in [0.717, 1.165) is 41.8 Å². The molecule has 0 spiro atoms. The Bertz CT molecular complexity index is 975. The van der Waals surface area contributed by atoms with E-state index >= 15 is 0 Å². The second-order valence-corrected chi connectivity index (χ2v) is 9.45. The van der Waals surface area contributed by atoms with Gasteiger partial charge in [0.1, 0.15) is 10.4 Å². The van der Waals surface area contributed by atoms with Gasteiger partial charge in [-0.3, -0.25) is 0 Å². The molecule has 3 aromatic rings. The van der Waals surface area contributed by atoms with E-state index in [0.29, 0.717) is 24.7 Å². The summed E-state index contributed by atoms with van der Waals surface area (Å²) in [5, 5.41) is 0.743. The Morgan fingerprint density at radius 2 is 1.81 bits per heavy atom. The monoisotopic (exact) mass is 403 g/mol. The van der Waals surface area contributed by atoms with Crippen molar-refractivity contribution in [1.29, 1.82) is 0 Å². The number of hydrogen-bond donors (Lipinski definition) is 0. The largest absolute Gasteiger partial charge is 0.440 e. The van der Waals surface area contributed by atoms with Crippen molar-refractivity contribution in [3.8, 4) is 0 Å². The van der Waals surface area contributed by atoms with Crippen LogP contribution in [-0.2, 0) is 15.8 Å². The van der Waals surface area contributed by atoms with Crippen LogP contribution in [0, 0.1) is 0 Å². The van der Waals surface area contributed by atoms with Crippen LogP contribution in [0.15, 0.2) is 56.9 Å². The summed E-state index contributed by atoms with van der Waals surface area (Å²) in [5.41, 5.74) is 1.60. The van der Waals surface area contributed by atoms with Gasteiger partial charge in [-0.1, -0.05) is 36.7 Å². The number of para-hydroxylation sites is 2. The third-order valence-corrected chi connectivity index (χ3v) is 7.40. The molecule has 6 nitrogen and oxygen atoms in total. The Morgan fingerprint density at radius 3 is 2.52 bits per heavy atom. The number of oxazole rings is 1. The van der Waals surface area contributed by atoms with E-state index < -0.39 is 10.0 Å². The molecule has 4 rings (SSSR count). The molecule has 2 aromatic heterocycles. The van der Waals surface area contributed by atoms with Gasteiger partial charge in [-0.2, -0.15) is 4.31 Å². The fraction of sp³-hybridized carbons (Fsp3) is 0.368. The van der Waals surface area contributed by atoms with E-state index in [4.69, 9.17) is 4.42 Å². The third kappa shape index (κ3) is 4.17. The molecule has 0 atom stereocenters. The molecule has 0 radical (unpaired) electrons. The van der Waals surface area contributed by atoms with Crippen LogP contribution < -0.4 is 0 Å². The first kappa shape index (κ1) is 18.5. The van der Waals surface area contributed by atoms with Gasteiger partial charge < -0.3 is 4.42 Å². The smallest absolute Gasteiger partial charge is 0.244 e. The van der Waals surface area contributed by atoms with Crippen molar-refractivity contribution in [2.45, 2.75) is 41.4 Å². The average molecular weight is 404 g/mol. The molecule has 0 N–H and O–H groups in total. The van der Waals surface area contributed by atoms with Gasteiger partial charge >= 0.3 is 0 Å². The van der Waals surface area contributed by atoms with Gasteiger partial charge in [0.2, 0.25) is 15.9 Å². The van der Waals surface area contributed by atoms with Gasteiger partial charge in [0.05, 0.1) is 10.8 Å². The van der Waals surface area contributed by atoms with E-state index in [2.05, 4.69) is 9.97 Å². The van der Waals surface area contributed by atoms with E-state index in [-0.39, 0.29) is 4.90 Å². The number of pyridine rings is 1. The molecule has 0 bridgehead atoms. The topological polar surface area (TPSA) is 76.3 Å². The SMILES string of the molecule is O=S(=O)(c1ccc(SCc2nc3ccccc3o2)nc1)N1CCCCCC1. The van der Waals surface area contributed by atoms with Crippen molar-refractivity contribution >= 4 is 32.9 Å². The highest BCUT2D eigenvalue weighted by atomic mass is 32.2. The van der Waals surface area contributed by atoms with E-state index in [1.165, 1.54) is 18.0 Å². The fourth-order valence-corrected chi connectivity index (χ4v) is 5.30. The predicted molar refractivity (Wildman–Crippen MR) is 105 cm³/mol. The quantitative estimate of drug-likeness (QED) is 0.598. The summed E-state index contributed by atoms with van der Waals surface area (Å²) in [6, 6.07) is 11.0. The summed E-state index contributed by atoms with van der Waals surface area (Å²) in [4.78, 5) is 9.02. The maximum Gasteiger partial charge on any atom is 0.244 e. The number of aromatic nitrogens is 2. The molecular formula is C19H21N3O3S2. The normalized spacial score (nSPS) is 16.4. The molecule has 1 aliphatic heterocycles. The summed E-state index contributed by atoms with van der Waals surface area (Å²) >= 11 is 1.47. The lowest BCUT2D eigenvalue weighted by molar-refractivity contribution is 0.423. The molecule has 0 aliphatic carbocycles. The molecule has 27 heavy (non-hydrogen) atoms. The first-order chi connectivity index (χ1) is 13.1. The summed E-state index contributed by atoms with van der Waals surface area (Å²) < 4.78 is 32.9. The minimum Gasteiger partial charge on any atom is -0.440 e. The van der Waals surface area contributed by atoms with Gasteiger partial charge in [0.25, 0.3) is 0 Å². The first-order valence-electron chi connectivity index (χ1n) is 9.06. The molecule has 8 heteroatoms. The Hall–Kier alpha value is -1.90. The minimum atomic E-state index is -3.46. The minimum absolute atomic E-state index is 0.260. The molecule has 1 fully saturated rings. The molecule has 3 heterocycles. The lowest BCUT2D eigenvalue weighted by Crippen LogP contribution is -2.32. The Labute approximate surface area is 163 Å². The highest BCUT2D eigenvalue weighted by Crippen LogP contribution is 2.25. The highest BCUT2D eigenvalue weighted by Gasteiger charge is 2.25. The second-order valence-electron chi connectivity index (χ2n) is 6.51. The number of hydrogen-bond acceptors (Lipinski definition) is 6. The van der Waals surface area contributed by atoms with Gasteiger partial charge in [0.15, 0.2) is 5.58 Å². The summed E-state index contributed by atoms with van der Waals surface area (Å²) in [6.07, 6.45) is 5.48. The van der Waals surface area contributed by atoms with Crippen molar-refractivity contribution in [2.75, 3.05) is 13.1 Å². The summed E-state index contributed by atoms with van der Waals surface area (Å²) in [7, 11) is -3.46. The number of sulfonamides is 1. The number of nitrogens with zero attached hydrogens (tertiary/aromatic N) is 3. The van der Waals surface area contributed by atoms with Crippen LogP contribution in [0.25, 0.3) is 11.1 Å². The summed E-state index contributed by atoms with van der Waals surface area (Å²) in [5.74, 6) is 1.17. The van der Waals surface area contributed by atoms with Crippen LogP contribution in [0.1, 0.15) is 31.6 Å². The van der Waals surface area contributed by atoms with E-state index in [9.17, 15) is 8.42 Å². The Morgan fingerprint density at radius 1 is 1.04 bits per heavy atom. The molecule has 0 amide bonds. The molecule has 0 saturated carbocycles. The first-order valence-corrected chi connectivity index (χ1v) is 11.5. The van der Waals surface area contributed by atoms with Crippen LogP contribution >= 0.6 is 11.8 Å². The maximum absolute atomic E-state index is 12.8. The van der Waals surface area contributed by atoms with Crippen LogP contribution in [-0.4, -0.2) is 35.8 Å². The van der Waals surface area contributed by atoms with E-state index in [1.54, 1.807) is 16.4 Å². The standard InChI is InChI=1S/C19H21N3O3S2/c23-27(24,22-11-5-1-2-6-12-22)15-9-10-19(20-13-15)26-14-18-21-16-7-3-4-8-17(16)25-18/h3-4,7-10,13H,1-2,5-6,11-12,14H2. The van der Waals surface area contributed by atoms with Crippen LogP contribution in [0.2, 0.25) is 0 Å². The maximum atomic E-state index is 12.8. The lowest BCUT2D eigenvalue weighted by Gasteiger charge is -2.19. The van der Waals surface area contributed by atoms with Crippen LogP contribution in [0.5, 0.6) is 0 Å². The van der Waals surface area contributed by atoms with Crippen molar-refractivity contribution in [3.05, 3.63) is 48.5 Å². The van der Waals surface area contributed by atoms with Gasteiger partial charge in [0, 0.05) is 19.3 Å². The Kier molecular flexibility index (Phi) is 5.47. The zero-order valence-corrected chi connectivity index (χ0v) is 16.5. The average Bonchev–Trinajstić information content (AvgIpc) is 2.89. The predicted octanol–water partition coefficient (Wildman–Crippen LogP) is 4.08. The van der Waals surface area contributed by atoms with E-state index in [1.807, 2.05) is 24.3 Å². The van der Waals surface area contributed by atoms with Gasteiger partial charge in [-0.05, 0) is 37.1 Å². The molecular weight excluding hydrogens is 382 g/mol. The van der Waals surface area contributed by atoms with Crippen LogP contribution in [0.4, 0.5) is 0 Å². The number of thioether (sulfide) groups is 1. The molecule has 142 valence electrons. The van der Waals surface area contributed by atoms with Gasteiger partial charge in [-0.25, -0.2) is 18.4 Å². The molecule has 1 aliphatic rings. The summed E-state index contributed by atoms with van der Waals surface area (Å²) in [6.45, 7) is 1.19. The number of rotatable bonds is 5. The zero-order valence-electron chi connectivity index (χ0n) is 14.9. The highest BCUT2D eigenvalue weighted by molar-refractivity contribution is 7.98. The molecule has 0 unspecified atom stereocenters.